The van der Waals surface area contributed by atoms with Gasteiger partial charge in [-0.1, -0.05) is 0 Å². The van der Waals surface area contributed by atoms with Gasteiger partial charge in [-0.3, -0.25) is 0 Å². The summed E-state index contributed by atoms with van der Waals surface area (Å²) in [7, 11) is -1.78. The molecule has 1 aliphatic heterocycles. The molecular formula is C19H15BiO3S. The van der Waals surface area contributed by atoms with Gasteiger partial charge in [-0.25, -0.2) is 0 Å². The van der Waals surface area contributed by atoms with Crippen LogP contribution in [-0.2, 0) is 9.84 Å². The molecule has 3 aromatic carbocycles. The summed E-state index contributed by atoms with van der Waals surface area (Å²) in [6.07, 6.45) is 0. The number of methoxy groups -OCH3 is 1. The first-order chi connectivity index (χ1) is 11.6. The molecule has 3 aromatic rings. The maximum atomic E-state index is 13.0. The van der Waals surface area contributed by atoms with Crippen LogP contribution in [0.25, 0.3) is 0 Å². The van der Waals surface area contributed by atoms with Gasteiger partial charge in [-0.15, -0.1) is 0 Å². The van der Waals surface area contributed by atoms with E-state index in [4.69, 9.17) is 4.74 Å². The van der Waals surface area contributed by atoms with Crippen molar-refractivity contribution in [2.45, 2.75) is 9.79 Å². The summed E-state index contributed by atoms with van der Waals surface area (Å²) in [6, 6.07) is 23.0. The average molecular weight is 532 g/mol. The van der Waals surface area contributed by atoms with Gasteiger partial charge in [-0.2, -0.15) is 0 Å². The van der Waals surface area contributed by atoms with Crippen LogP contribution in [-0.4, -0.2) is 37.3 Å². The zero-order valence-corrected chi connectivity index (χ0v) is 17.3. The van der Waals surface area contributed by atoms with E-state index < -0.39 is 31.6 Å². The van der Waals surface area contributed by atoms with E-state index in [-0.39, 0.29) is 0 Å². The van der Waals surface area contributed by atoms with Crippen LogP contribution in [0.4, 0.5) is 0 Å². The number of hydrogen-bond acceptors (Lipinski definition) is 3. The molecule has 0 spiro atoms. The summed E-state index contributed by atoms with van der Waals surface area (Å²) in [5, 5.41) is 0. The van der Waals surface area contributed by atoms with E-state index in [1.165, 1.54) is 3.27 Å². The van der Waals surface area contributed by atoms with Crippen LogP contribution >= 0.6 is 0 Å². The Morgan fingerprint density at radius 3 is 1.96 bits per heavy atom. The van der Waals surface area contributed by atoms with E-state index >= 15 is 0 Å². The van der Waals surface area contributed by atoms with Gasteiger partial charge < -0.3 is 0 Å². The fourth-order valence-electron chi connectivity index (χ4n) is 3.01. The van der Waals surface area contributed by atoms with Gasteiger partial charge in [0.2, 0.25) is 0 Å². The van der Waals surface area contributed by atoms with Crippen molar-refractivity contribution in [2.75, 3.05) is 7.11 Å². The second-order valence-corrected chi connectivity index (χ2v) is 15.7. The summed E-state index contributed by atoms with van der Waals surface area (Å²) in [5.74, 6) is 0.811. The van der Waals surface area contributed by atoms with Crippen LogP contribution in [0.15, 0.2) is 82.6 Å². The van der Waals surface area contributed by atoms with Crippen LogP contribution in [0.3, 0.4) is 0 Å². The Labute approximate surface area is 149 Å². The molecule has 1 heterocycles. The van der Waals surface area contributed by atoms with E-state index in [0.29, 0.717) is 9.79 Å². The summed E-state index contributed by atoms with van der Waals surface area (Å²) in [4.78, 5) is 0.952. The first-order valence-electron chi connectivity index (χ1n) is 7.50. The topological polar surface area (TPSA) is 43.4 Å². The van der Waals surface area contributed by atoms with Crippen molar-refractivity contribution >= 4 is 41.4 Å². The Hall–Kier alpha value is -1.71. The summed E-state index contributed by atoms with van der Waals surface area (Å²) in [5.41, 5.74) is 0. The number of rotatable bonds is 2. The van der Waals surface area contributed by atoms with Crippen molar-refractivity contribution < 1.29 is 13.2 Å². The Morgan fingerprint density at radius 2 is 1.38 bits per heavy atom. The van der Waals surface area contributed by atoms with Crippen LogP contribution in [0.5, 0.6) is 5.75 Å². The number of benzene rings is 3. The number of fused-ring (bicyclic) bond motifs is 2. The standard InChI is InChI=1S/C12H8O2S.C7H7O.Bi/c13-15(14,11-7-3-1-4-8-11)12-9-5-2-6-10-12;1-8-7-5-3-2-4-6-7;/h1-7,9H;2-3,5-6H,1H3;. The van der Waals surface area contributed by atoms with Gasteiger partial charge in [-0.05, 0) is 0 Å². The van der Waals surface area contributed by atoms with Crippen molar-refractivity contribution in [3.63, 3.8) is 0 Å². The number of sulfone groups is 1. The normalized spacial score (nSPS) is 15.4. The minimum atomic E-state index is -3.44. The molecule has 3 nitrogen and oxygen atoms in total. The van der Waals surface area contributed by atoms with E-state index in [9.17, 15) is 8.42 Å². The van der Waals surface area contributed by atoms with E-state index in [2.05, 4.69) is 12.1 Å². The third-order valence-electron chi connectivity index (χ3n) is 4.10. The summed E-state index contributed by atoms with van der Waals surface area (Å²) < 4.78 is 34.6. The van der Waals surface area contributed by atoms with Crippen molar-refractivity contribution in [1.82, 2.24) is 0 Å². The number of ether oxygens (including phenoxy) is 1. The fourth-order valence-corrected chi connectivity index (χ4v) is 18.1. The zero-order chi connectivity index (χ0) is 16.7. The predicted molar refractivity (Wildman–Crippen MR) is 96.0 cm³/mol. The average Bonchev–Trinajstić information content (AvgIpc) is 2.62. The maximum absolute atomic E-state index is 13.0. The Morgan fingerprint density at radius 1 is 0.792 bits per heavy atom. The minimum absolute atomic E-state index is 0.476. The number of hydrogen-bond donors (Lipinski definition) is 0. The molecular weight excluding hydrogens is 517 g/mol. The second-order valence-electron chi connectivity index (χ2n) is 5.48. The van der Waals surface area contributed by atoms with E-state index in [1.54, 1.807) is 31.4 Å². The second kappa shape index (κ2) is 5.98. The van der Waals surface area contributed by atoms with E-state index in [0.717, 1.165) is 12.3 Å². The molecule has 24 heavy (non-hydrogen) atoms. The molecule has 0 aliphatic carbocycles. The third-order valence-corrected chi connectivity index (χ3v) is 17.1. The molecule has 0 radical (unpaired) electrons. The first kappa shape index (κ1) is 15.8. The molecule has 0 amide bonds. The Balaban J connectivity index is 2.05. The molecule has 0 saturated carbocycles. The molecule has 0 saturated heterocycles. The molecule has 0 N–H and O–H groups in total. The summed E-state index contributed by atoms with van der Waals surface area (Å²) >= 11 is -2.67. The van der Waals surface area contributed by atoms with E-state index in [1.807, 2.05) is 36.4 Å². The fraction of sp³-hybridized carbons (Fsp3) is 0.0526. The van der Waals surface area contributed by atoms with Gasteiger partial charge in [0.15, 0.2) is 0 Å². The molecule has 0 fully saturated rings. The van der Waals surface area contributed by atoms with Crippen molar-refractivity contribution in [2.24, 2.45) is 0 Å². The van der Waals surface area contributed by atoms with Gasteiger partial charge in [0.05, 0.1) is 0 Å². The monoisotopic (exact) mass is 532 g/mol. The van der Waals surface area contributed by atoms with Gasteiger partial charge in [0.1, 0.15) is 0 Å². The molecule has 4 rings (SSSR count). The molecule has 0 atom stereocenters. The van der Waals surface area contributed by atoms with Crippen LogP contribution in [0, 0.1) is 0 Å². The van der Waals surface area contributed by atoms with Crippen molar-refractivity contribution in [3.8, 4) is 5.75 Å². The third kappa shape index (κ3) is 2.38. The van der Waals surface area contributed by atoms with Crippen molar-refractivity contribution in [3.05, 3.63) is 72.8 Å². The molecule has 1 aliphatic rings. The Bertz CT molecular complexity index is 975. The zero-order valence-electron chi connectivity index (χ0n) is 13.0. The Kier molecular flexibility index (Phi) is 3.94. The van der Waals surface area contributed by atoms with Gasteiger partial charge in [0, 0.05) is 0 Å². The molecule has 5 heteroatoms. The summed E-state index contributed by atoms with van der Waals surface area (Å²) in [6.45, 7) is 0. The quantitative estimate of drug-likeness (QED) is 0.367. The molecule has 0 bridgehead atoms. The van der Waals surface area contributed by atoms with Crippen LogP contribution < -0.4 is 14.6 Å². The van der Waals surface area contributed by atoms with Crippen LogP contribution in [0.1, 0.15) is 0 Å². The molecule has 0 aromatic heterocycles. The van der Waals surface area contributed by atoms with Gasteiger partial charge >= 0.3 is 150 Å². The van der Waals surface area contributed by atoms with Crippen LogP contribution in [0.2, 0.25) is 0 Å². The van der Waals surface area contributed by atoms with Crippen molar-refractivity contribution in [1.29, 1.82) is 0 Å². The van der Waals surface area contributed by atoms with Gasteiger partial charge in [0.25, 0.3) is 0 Å². The predicted octanol–water partition coefficient (Wildman–Crippen LogP) is 1.36. The first-order valence-corrected chi connectivity index (χ1v) is 14.2. The SMILES string of the molecule is COc1ccc[c]([Bi]2[c]3ccccc3S(=O)(=O)c3cccc[c]32)c1. The molecule has 0 unspecified atom stereocenters. The molecule has 120 valence electrons.